The zero-order valence-corrected chi connectivity index (χ0v) is 15.4. The minimum Gasteiger partial charge on any atom is -0.481 e. The normalized spacial score (nSPS) is 19.4. The summed E-state index contributed by atoms with van der Waals surface area (Å²) < 4.78 is 16.6. The van der Waals surface area contributed by atoms with E-state index in [1.807, 2.05) is 4.90 Å². The molecule has 1 aromatic heterocycles. The standard InChI is InChI=1S/C20H23N3O4/c1-12(27-14-5-6-17-18(9-14)26-11-25-17)20(24)23-8-7-16-15(10-23)19(22-21-16)13-3-2-4-13/h5-6,9,12-13H,2-4,7-8,10-11H2,1H3,(H,21,22). The number of nitrogens with zero attached hydrogens (tertiary/aromatic N) is 2. The molecule has 3 heterocycles. The summed E-state index contributed by atoms with van der Waals surface area (Å²) in [6.45, 7) is 3.32. The second-order valence-corrected chi connectivity index (χ2v) is 7.48. The summed E-state index contributed by atoms with van der Waals surface area (Å²) in [6.07, 6.45) is 3.93. The molecule has 5 rings (SSSR count). The van der Waals surface area contributed by atoms with E-state index < -0.39 is 6.10 Å². The Morgan fingerprint density at radius 3 is 3.00 bits per heavy atom. The highest BCUT2D eigenvalue weighted by atomic mass is 16.7. The van der Waals surface area contributed by atoms with Crippen LogP contribution >= 0.6 is 0 Å². The minimum absolute atomic E-state index is 0.000855. The summed E-state index contributed by atoms with van der Waals surface area (Å²) in [5.74, 6) is 2.52. The van der Waals surface area contributed by atoms with Crippen LogP contribution < -0.4 is 14.2 Å². The smallest absolute Gasteiger partial charge is 0.263 e. The van der Waals surface area contributed by atoms with Crippen LogP contribution in [0.1, 0.15) is 49.1 Å². The van der Waals surface area contributed by atoms with Gasteiger partial charge in [0.05, 0.1) is 5.69 Å². The van der Waals surface area contributed by atoms with Gasteiger partial charge >= 0.3 is 0 Å². The monoisotopic (exact) mass is 369 g/mol. The van der Waals surface area contributed by atoms with Gasteiger partial charge < -0.3 is 19.1 Å². The number of hydrogen-bond acceptors (Lipinski definition) is 5. The number of benzene rings is 1. The summed E-state index contributed by atoms with van der Waals surface area (Å²) in [7, 11) is 0. The summed E-state index contributed by atoms with van der Waals surface area (Å²) in [5.41, 5.74) is 3.57. The van der Waals surface area contributed by atoms with Crippen molar-refractivity contribution in [2.24, 2.45) is 0 Å². The number of hydrogen-bond donors (Lipinski definition) is 1. The molecule has 7 nitrogen and oxygen atoms in total. The zero-order valence-electron chi connectivity index (χ0n) is 15.4. The third kappa shape index (κ3) is 2.91. The lowest BCUT2D eigenvalue weighted by Gasteiger charge is -2.31. The first-order valence-electron chi connectivity index (χ1n) is 9.60. The van der Waals surface area contributed by atoms with Crippen LogP contribution in [0.5, 0.6) is 17.2 Å². The molecule has 0 saturated heterocycles. The van der Waals surface area contributed by atoms with Gasteiger partial charge in [0.1, 0.15) is 5.75 Å². The van der Waals surface area contributed by atoms with Crippen LogP contribution in [0, 0.1) is 0 Å². The number of carbonyl (C=O) groups excluding carboxylic acids is 1. The number of aromatic amines is 1. The largest absolute Gasteiger partial charge is 0.481 e. The molecular formula is C20H23N3O4. The van der Waals surface area contributed by atoms with Gasteiger partial charge in [-0.25, -0.2) is 0 Å². The average molecular weight is 369 g/mol. The van der Waals surface area contributed by atoms with Gasteiger partial charge in [-0.05, 0) is 31.9 Å². The highest BCUT2D eigenvalue weighted by molar-refractivity contribution is 5.81. The van der Waals surface area contributed by atoms with Crippen molar-refractivity contribution >= 4 is 5.91 Å². The molecule has 1 N–H and O–H groups in total. The summed E-state index contributed by atoms with van der Waals surface area (Å²) in [6, 6.07) is 5.37. The van der Waals surface area contributed by atoms with Crippen LogP contribution in [0.3, 0.4) is 0 Å². The molecule has 2 aromatic rings. The third-order valence-corrected chi connectivity index (χ3v) is 5.77. The van der Waals surface area contributed by atoms with Crippen molar-refractivity contribution in [3.63, 3.8) is 0 Å². The molecule has 0 radical (unpaired) electrons. The maximum Gasteiger partial charge on any atom is 0.263 e. The summed E-state index contributed by atoms with van der Waals surface area (Å²) >= 11 is 0. The maximum absolute atomic E-state index is 12.9. The van der Waals surface area contributed by atoms with Gasteiger partial charge in [-0.3, -0.25) is 9.89 Å². The number of H-pyrrole nitrogens is 1. The van der Waals surface area contributed by atoms with Crippen molar-refractivity contribution in [2.75, 3.05) is 13.3 Å². The van der Waals surface area contributed by atoms with Crippen LogP contribution in [0.4, 0.5) is 0 Å². The Balaban J connectivity index is 1.27. The van der Waals surface area contributed by atoms with E-state index in [0.29, 0.717) is 36.3 Å². The summed E-state index contributed by atoms with van der Waals surface area (Å²) in [4.78, 5) is 14.8. The van der Waals surface area contributed by atoms with Crippen LogP contribution in [0.2, 0.25) is 0 Å². The Kier molecular flexibility index (Phi) is 3.95. The van der Waals surface area contributed by atoms with Gasteiger partial charge in [0.2, 0.25) is 6.79 Å². The number of amides is 1. The Hall–Kier alpha value is -2.70. The molecule has 142 valence electrons. The minimum atomic E-state index is -0.564. The second-order valence-electron chi connectivity index (χ2n) is 7.48. The van der Waals surface area contributed by atoms with Crippen LogP contribution in [0.25, 0.3) is 0 Å². The van der Waals surface area contributed by atoms with Crippen LogP contribution in [-0.4, -0.2) is 40.4 Å². The molecule has 1 amide bonds. The van der Waals surface area contributed by atoms with Gasteiger partial charge in [-0.15, -0.1) is 0 Å². The van der Waals surface area contributed by atoms with E-state index in [1.165, 1.54) is 30.5 Å². The van der Waals surface area contributed by atoms with E-state index in [0.717, 1.165) is 12.1 Å². The molecule has 7 heteroatoms. The first-order valence-corrected chi connectivity index (χ1v) is 9.60. The first-order chi connectivity index (χ1) is 13.2. The predicted octanol–water partition coefficient (Wildman–Crippen LogP) is 2.76. The van der Waals surface area contributed by atoms with Gasteiger partial charge in [0.15, 0.2) is 17.6 Å². The third-order valence-electron chi connectivity index (χ3n) is 5.77. The number of aromatic nitrogens is 2. The zero-order chi connectivity index (χ0) is 18.4. The molecule has 1 aromatic carbocycles. The number of rotatable bonds is 4. The quantitative estimate of drug-likeness (QED) is 0.897. The Morgan fingerprint density at radius 2 is 2.19 bits per heavy atom. The van der Waals surface area contributed by atoms with Crippen LogP contribution in [0.15, 0.2) is 18.2 Å². The van der Waals surface area contributed by atoms with Crippen molar-refractivity contribution in [1.82, 2.24) is 15.1 Å². The fourth-order valence-electron chi connectivity index (χ4n) is 3.99. The van der Waals surface area contributed by atoms with Crippen molar-refractivity contribution in [3.05, 3.63) is 35.2 Å². The molecule has 27 heavy (non-hydrogen) atoms. The molecule has 0 spiro atoms. The van der Waals surface area contributed by atoms with Gasteiger partial charge in [-0.1, -0.05) is 6.42 Å². The molecule has 0 bridgehead atoms. The summed E-state index contributed by atoms with van der Waals surface area (Å²) in [5, 5.41) is 7.72. The second kappa shape index (κ2) is 6.48. The average Bonchev–Trinajstić information content (AvgIpc) is 3.26. The van der Waals surface area contributed by atoms with Crippen molar-refractivity contribution in [1.29, 1.82) is 0 Å². The predicted molar refractivity (Wildman–Crippen MR) is 97.0 cm³/mol. The highest BCUT2D eigenvalue weighted by Gasteiger charge is 2.32. The van der Waals surface area contributed by atoms with Crippen LogP contribution in [-0.2, 0) is 17.8 Å². The molecular weight excluding hydrogens is 346 g/mol. The lowest BCUT2D eigenvalue weighted by molar-refractivity contribution is -0.138. The SMILES string of the molecule is CC(Oc1ccc2c(c1)OCO2)C(=O)N1CCc2[nH]nc(C3CCC3)c2C1. The molecule has 1 saturated carbocycles. The Labute approximate surface area is 157 Å². The van der Waals surface area contributed by atoms with Gasteiger partial charge in [-0.2, -0.15) is 5.10 Å². The molecule has 1 unspecified atom stereocenters. The lowest BCUT2D eigenvalue weighted by atomic mass is 9.81. The molecule has 2 aliphatic heterocycles. The maximum atomic E-state index is 12.9. The Morgan fingerprint density at radius 1 is 1.33 bits per heavy atom. The Bertz CT molecular complexity index is 874. The van der Waals surface area contributed by atoms with E-state index >= 15 is 0 Å². The topological polar surface area (TPSA) is 76.7 Å². The number of carbonyl (C=O) groups is 1. The van der Waals surface area contributed by atoms with Crippen molar-refractivity contribution < 1.29 is 19.0 Å². The molecule has 1 aliphatic carbocycles. The van der Waals surface area contributed by atoms with Crippen molar-refractivity contribution in [3.8, 4) is 17.2 Å². The lowest BCUT2D eigenvalue weighted by Crippen LogP contribution is -2.43. The van der Waals surface area contributed by atoms with E-state index in [-0.39, 0.29) is 12.7 Å². The van der Waals surface area contributed by atoms with Gasteiger partial charge in [0.25, 0.3) is 5.91 Å². The van der Waals surface area contributed by atoms with E-state index in [9.17, 15) is 4.79 Å². The number of ether oxygens (including phenoxy) is 3. The van der Waals surface area contributed by atoms with E-state index in [1.54, 1.807) is 25.1 Å². The van der Waals surface area contributed by atoms with E-state index in [4.69, 9.17) is 14.2 Å². The number of nitrogens with one attached hydrogen (secondary N) is 1. The first kappa shape index (κ1) is 16.5. The molecule has 3 aliphatic rings. The van der Waals surface area contributed by atoms with Gasteiger partial charge in [0, 0.05) is 42.8 Å². The number of fused-ring (bicyclic) bond motifs is 2. The molecule has 1 fully saturated rings. The fourth-order valence-corrected chi connectivity index (χ4v) is 3.99. The highest BCUT2D eigenvalue weighted by Crippen LogP contribution is 2.39. The van der Waals surface area contributed by atoms with E-state index in [2.05, 4.69) is 10.2 Å². The van der Waals surface area contributed by atoms with Crippen molar-refractivity contribution in [2.45, 2.75) is 51.2 Å². The molecule has 1 atom stereocenters. The fraction of sp³-hybridized carbons (Fsp3) is 0.500.